The SMILES string of the molecule is O=S(=O)(Oc1cc[c]cc1)c1ccc(Cl)cc1. The molecule has 0 N–H and O–H groups in total. The number of rotatable bonds is 3. The molecule has 2 aromatic rings. The second-order valence-corrected chi connectivity index (χ2v) is 5.21. The molecule has 17 heavy (non-hydrogen) atoms. The van der Waals surface area contributed by atoms with Gasteiger partial charge in [-0.1, -0.05) is 23.7 Å². The molecule has 0 atom stereocenters. The minimum Gasteiger partial charge on any atom is -0.379 e. The van der Waals surface area contributed by atoms with Gasteiger partial charge in [-0.05, 0) is 42.5 Å². The molecule has 0 saturated heterocycles. The van der Waals surface area contributed by atoms with Crippen LogP contribution in [-0.4, -0.2) is 8.42 Å². The van der Waals surface area contributed by atoms with E-state index >= 15 is 0 Å². The van der Waals surface area contributed by atoms with Crippen molar-refractivity contribution in [2.45, 2.75) is 4.90 Å². The average Bonchev–Trinajstić information content (AvgIpc) is 2.30. The summed E-state index contributed by atoms with van der Waals surface area (Å²) < 4.78 is 28.6. The highest BCUT2D eigenvalue weighted by atomic mass is 35.5. The van der Waals surface area contributed by atoms with Gasteiger partial charge in [-0.3, -0.25) is 0 Å². The van der Waals surface area contributed by atoms with Crippen molar-refractivity contribution in [3.8, 4) is 5.75 Å². The zero-order valence-corrected chi connectivity index (χ0v) is 10.2. The Hall–Kier alpha value is -1.52. The number of halogens is 1. The van der Waals surface area contributed by atoms with Crippen LogP contribution >= 0.6 is 11.6 Å². The van der Waals surface area contributed by atoms with Crippen molar-refractivity contribution < 1.29 is 12.6 Å². The topological polar surface area (TPSA) is 43.4 Å². The van der Waals surface area contributed by atoms with E-state index in [1.807, 2.05) is 0 Å². The molecule has 0 bridgehead atoms. The fourth-order valence-corrected chi connectivity index (χ4v) is 2.26. The van der Waals surface area contributed by atoms with Crippen LogP contribution in [0.5, 0.6) is 5.75 Å². The van der Waals surface area contributed by atoms with Gasteiger partial charge in [0.2, 0.25) is 0 Å². The predicted molar refractivity (Wildman–Crippen MR) is 64.5 cm³/mol. The Labute approximate surface area is 105 Å². The minimum atomic E-state index is -3.80. The van der Waals surface area contributed by atoms with Crippen molar-refractivity contribution in [3.63, 3.8) is 0 Å². The lowest BCUT2D eigenvalue weighted by Gasteiger charge is -2.06. The van der Waals surface area contributed by atoms with Crippen molar-refractivity contribution in [2.75, 3.05) is 0 Å². The molecule has 0 aliphatic heterocycles. The Morgan fingerprint density at radius 1 is 1.00 bits per heavy atom. The fraction of sp³-hybridized carbons (Fsp3) is 0. The maximum atomic E-state index is 11.8. The van der Waals surface area contributed by atoms with E-state index in [1.165, 1.54) is 36.4 Å². The third-order valence-electron chi connectivity index (χ3n) is 2.00. The van der Waals surface area contributed by atoms with Crippen LogP contribution in [-0.2, 0) is 10.1 Å². The third-order valence-corrected chi connectivity index (χ3v) is 3.51. The standard InChI is InChI=1S/C12H8ClO3S/c13-10-6-8-12(9-7-10)17(14,15)16-11-4-2-1-3-5-11/h2-9H. The maximum Gasteiger partial charge on any atom is 0.339 e. The molecule has 0 unspecified atom stereocenters. The van der Waals surface area contributed by atoms with Gasteiger partial charge >= 0.3 is 10.1 Å². The summed E-state index contributed by atoms with van der Waals surface area (Å²) in [5, 5.41) is 0.471. The van der Waals surface area contributed by atoms with Crippen LogP contribution in [0.3, 0.4) is 0 Å². The van der Waals surface area contributed by atoms with Crippen LogP contribution in [0.15, 0.2) is 53.4 Å². The van der Waals surface area contributed by atoms with Crippen LogP contribution in [0.25, 0.3) is 0 Å². The summed E-state index contributed by atoms with van der Waals surface area (Å²) in [5.74, 6) is 0.249. The third kappa shape index (κ3) is 2.99. The zero-order valence-electron chi connectivity index (χ0n) is 8.63. The van der Waals surface area contributed by atoms with Crippen molar-refractivity contribution in [3.05, 3.63) is 59.6 Å². The maximum absolute atomic E-state index is 11.8. The van der Waals surface area contributed by atoms with Gasteiger partial charge in [-0.15, -0.1) is 0 Å². The van der Waals surface area contributed by atoms with E-state index in [9.17, 15) is 8.42 Å². The highest BCUT2D eigenvalue weighted by molar-refractivity contribution is 7.87. The molecule has 0 aliphatic carbocycles. The molecule has 5 heteroatoms. The summed E-state index contributed by atoms with van der Waals surface area (Å²) in [6.45, 7) is 0. The van der Waals surface area contributed by atoms with Crippen LogP contribution in [0.1, 0.15) is 0 Å². The predicted octanol–water partition coefficient (Wildman–Crippen LogP) is 2.91. The Bertz CT molecular complexity index is 591. The average molecular weight is 268 g/mol. The monoisotopic (exact) mass is 267 g/mol. The summed E-state index contributed by atoms with van der Waals surface area (Å²) in [5.41, 5.74) is 0. The van der Waals surface area contributed by atoms with Gasteiger partial charge in [0.05, 0.1) is 0 Å². The van der Waals surface area contributed by atoms with E-state index in [1.54, 1.807) is 12.1 Å². The summed E-state index contributed by atoms with van der Waals surface area (Å²) in [7, 11) is -3.80. The second-order valence-electron chi connectivity index (χ2n) is 3.23. The number of hydrogen-bond acceptors (Lipinski definition) is 3. The number of benzene rings is 2. The zero-order chi connectivity index (χ0) is 12.3. The molecule has 3 nitrogen and oxygen atoms in total. The highest BCUT2D eigenvalue weighted by Gasteiger charge is 2.15. The normalized spacial score (nSPS) is 11.1. The quantitative estimate of drug-likeness (QED) is 0.803. The summed E-state index contributed by atoms with van der Waals surface area (Å²) in [4.78, 5) is 0.0646. The van der Waals surface area contributed by atoms with E-state index < -0.39 is 10.1 Å². The molecule has 2 rings (SSSR count). The molecular formula is C12H8ClO3S. The Morgan fingerprint density at radius 2 is 1.59 bits per heavy atom. The lowest BCUT2D eigenvalue weighted by molar-refractivity contribution is 0.486. The highest BCUT2D eigenvalue weighted by Crippen LogP contribution is 2.19. The molecule has 0 fully saturated rings. The molecule has 0 amide bonds. The molecule has 87 valence electrons. The second kappa shape index (κ2) is 4.77. The lowest BCUT2D eigenvalue weighted by atomic mass is 10.3. The fourth-order valence-electron chi connectivity index (χ4n) is 1.20. The van der Waals surface area contributed by atoms with Gasteiger partial charge in [0, 0.05) is 5.02 Å². The van der Waals surface area contributed by atoms with Gasteiger partial charge in [-0.2, -0.15) is 8.42 Å². The van der Waals surface area contributed by atoms with Crippen LogP contribution < -0.4 is 4.18 Å². The van der Waals surface area contributed by atoms with Gasteiger partial charge in [0.1, 0.15) is 10.6 Å². The smallest absolute Gasteiger partial charge is 0.339 e. The molecule has 2 aromatic carbocycles. The van der Waals surface area contributed by atoms with Crippen LogP contribution in [0, 0.1) is 6.07 Å². The Balaban J connectivity index is 2.29. The Kier molecular flexibility index (Phi) is 3.36. The molecular weight excluding hydrogens is 260 g/mol. The summed E-state index contributed by atoms with van der Waals surface area (Å²) >= 11 is 5.68. The van der Waals surface area contributed by atoms with Gasteiger partial charge in [0.25, 0.3) is 0 Å². The van der Waals surface area contributed by atoms with Crippen LogP contribution in [0.2, 0.25) is 5.02 Å². The summed E-state index contributed by atoms with van der Waals surface area (Å²) in [6.07, 6.45) is 0. The van der Waals surface area contributed by atoms with Crippen molar-refractivity contribution in [1.29, 1.82) is 0 Å². The Morgan fingerprint density at radius 3 is 2.18 bits per heavy atom. The first kappa shape index (κ1) is 12.0. The first-order valence-corrected chi connectivity index (χ1v) is 6.53. The number of hydrogen-bond donors (Lipinski definition) is 0. The molecule has 0 aromatic heterocycles. The molecule has 0 spiro atoms. The molecule has 0 saturated carbocycles. The first-order chi connectivity index (χ1) is 8.08. The van der Waals surface area contributed by atoms with Crippen molar-refractivity contribution in [2.24, 2.45) is 0 Å². The summed E-state index contributed by atoms with van der Waals surface area (Å²) in [6, 6.07) is 14.8. The van der Waals surface area contributed by atoms with E-state index in [2.05, 4.69) is 6.07 Å². The van der Waals surface area contributed by atoms with E-state index in [0.717, 1.165) is 0 Å². The van der Waals surface area contributed by atoms with Gasteiger partial charge < -0.3 is 4.18 Å². The minimum absolute atomic E-state index is 0.0646. The molecule has 0 heterocycles. The largest absolute Gasteiger partial charge is 0.379 e. The van der Waals surface area contributed by atoms with E-state index in [4.69, 9.17) is 15.8 Å². The van der Waals surface area contributed by atoms with Crippen molar-refractivity contribution >= 4 is 21.7 Å². The first-order valence-electron chi connectivity index (χ1n) is 4.74. The lowest BCUT2D eigenvalue weighted by Crippen LogP contribution is -2.09. The van der Waals surface area contributed by atoms with Gasteiger partial charge in [0.15, 0.2) is 0 Å². The van der Waals surface area contributed by atoms with Crippen LogP contribution in [0.4, 0.5) is 0 Å². The molecule has 0 aliphatic rings. The van der Waals surface area contributed by atoms with E-state index in [-0.39, 0.29) is 10.6 Å². The van der Waals surface area contributed by atoms with Gasteiger partial charge in [-0.25, -0.2) is 0 Å². The van der Waals surface area contributed by atoms with Crippen molar-refractivity contribution in [1.82, 2.24) is 0 Å². The molecule has 1 radical (unpaired) electrons. The van der Waals surface area contributed by atoms with E-state index in [0.29, 0.717) is 5.02 Å².